The number of benzene rings is 3. The van der Waals surface area contributed by atoms with Gasteiger partial charge in [-0.3, -0.25) is 4.79 Å². The van der Waals surface area contributed by atoms with E-state index < -0.39 is 0 Å². The van der Waals surface area contributed by atoms with Crippen molar-refractivity contribution in [1.29, 1.82) is 0 Å². The van der Waals surface area contributed by atoms with Gasteiger partial charge in [-0.15, -0.1) is 0 Å². The predicted molar refractivity (Wildman–Crippen MR) is 135 cm³/mol. The molecule has 168 valence electrons. The van der Waals surface area contributed by atoms with Crippen LogP contribution in [0.4, 0.5) is 0 Å². The minimum atomic E-state index is -0.155. The molecule has 0 aliphatic rings. The van der Waals surface area contributed by atoms with E-state index in [1.54, 1.807) is 19.4 Å². The Hall–Kier alpha value is -3.50. The van der Waals surface area contributed by atoms with E-state index in [0.29, 0.717) is 17.3 Å². The first-order valence-electron chi connectivity index (χ1n) is 10.7. The number of ether oxygens (including phenoxy) is 1. The Bertz CT molecular complexity index is 1330. The van der Waals surface area contributed by atoms with Crippen LogP contribution in [0.3, 0.4) is 0 Å². The average molecular weight is 460 g/mol. The van der Waals surface area contributed by atoms with Crippen molar-refractivity contribution in [3.05, 3.63) is 94.2 Å². The third-order valence-corrected chi connectivity index (χ3v) is 6.02. The van der Waals surface area contributed by atoms with E-state index in [2.05, 4.69) is 5.32 Å². The normalized spacial score (nSPS) is 11.6. The average Bonchev–Trinajstić information content (AvgIpc) is 3.23. The third kappa shape index (κ3) is 4.81. The molecule has 0 unspecified atom stereocenters. The summed E-state index contributed by atoms with van der Waals surface area (Å²) in [6.07, 6.45) is 3.36. The largest absolute Gasteiger partial charge is 0.496 e. The summed E-state index contributed by atoms with van der Waals surface area (Å²) in [6.45, 7) is 6.39. The molecular formula is C28H26ClNO3. The van der Waals surface area contributed by atoms with Gasteiger partial charge in [0, 0.05) is 39.7 Å². The number of hydrogen-bond donors (Lipinski definition) is 1. The lowest BCUT2D eigenvalue weighted by Crippen LogP contribution is -2.20. The number of carbonyl (C=O) groups is 1. The van der Waals surface area contributed by atoms with E-state index in [4.69, 9.17) is 20.8 Å². The number of halogens is 1. The van der Waals surface area contributed by atoms with Gasteiger partial charge in [0.1, 0.15) is 11.3 Å². The summed E-state index contributed by atoms with van der Waals surface area (Å²) < 4.78 is 11.6. The second kappa shape index (κ2) is 9.55. The summed E-state index contributed by atoms with van der Waals surface area (Å²) in [5.41, 5.74) is 7.52. The number of carbonyl (C=O) groups excluding carboxylic acids is 1. The zero-order chi connectivity index (χ0) is 23.5. The van der Waals surface area contributed by atoms with Gasteiger partial charge in [0.05, 0.1) is 13.4 Å². The maximum Gasteiger partial charge on any atom is 0.244 e. The van der Waals surface area contributed by atoms with Crippen molar-refractivity contribution >= 4 is 34.1 Å². The SMILES string of the molecule is COc1c(/C(C)=C/C(=O)NCc2ccc(C)cc2)cc2c(-c3ccc(Cl)cc3)coc2c1C. The first-order valence-corrected chi connectivity index (χ1v) is 11.1. The molecule has 1 aromatic heterocycles. The summed E-state index contributed by atoms with van der Waals surface area (Å²) in [4.78, 5) is 12.6. The molecule has 5 heteroatoms. The first-order chi connectivity index (χ1) is 15.9. The fourth-order valence-corrected chi connectivity index (χ4v) is 4.07. The van der Waals surface area contributed by atoms with Crippen molar-refractivity contribution in [1.82, 2.24) is 5.32 Å². The number of rotatable bonds is 6. The topological polar surface area (TPSA) is 51.5 Å². The van der Waals surface area contributed by atoms with Crippen molar-refractivity contribution in [2.45, 2.75) is 27.3 Å². The number of nitrogens with one attached hydrogen (secondary N) is 1. The Labute approximate surface area is 198 Å². The molecule has 0 atom stereocenters. The minimum absolute atomic E-state index is 0.155. The molecule has 0 aliphatic heterocycles. The highest BCUT2D eigenvalue weighted by molar-refractivity contribution is 6.30. The molecule has 0 saturated heterocycles. The Morgan fingerprint density at radius 3 is 2.45 bits per heavy atom. The van der Waals surface area contributed by atoms with Crippen LogP contribution in [0.25, 0.3) is 27.7 Å². The highest BCUT2D eigenvalue weighted by Gasteiger charge is 2.18. The van der Waals surface area contributed by atoms with Crippen LogP contribution in [0.5, 0.6) is 5.75 Å². The summed E-state index contributed by atoms with van der Waals surface area (Å²) in [5.74, 6) is 0.539. The molecule has 4 rings (SSSR count). The smallest absolute Gasteiger partial charge is 0.244 e. The van der Waals surface area contributed by atoms with Crippen molar-refractivity contribution in [2.24, 2.45) is 0 Å². The molecule has 3 aromatic carbocycles. The van der Waals surface area contributed by atoms with Crippen molar-refractivity contribution in [3.8, 4) is 16.9 Å². The molecule has 0 radical (unpaired) electrons. The lowest BCUT2D eigenvalue weighted by Gasteiger charge is -2.13. The Balaban J connectivity index is 1.67. The van der Waals surface area contributed by atoms with Crippen LogP contribution < -0.4 is 10.1 Å². The fourth-order valence-electron chi connectivity index (χ4n) is 3.95. The van der Waals surface area contributed by atoms with Gasteiger partial charge < -0.3 is 14.5 Å². The summed E-state index contributed by atoms with van der Waals surface area (Å²) in [7, 11) is 1.63. The molecule has 33 heavy (non-hydrogen) atoms. The first kappa shape index (κ1) is 22.7. The van der Waals surface area contributed by atoms with Crippen molar-refractivity contribution in [2.75, 3.05) is 7.11 Å². The van der Waals surface area contributed by atoms with Crippen molar-refractivity contribution < 1.29 is 13.9 Å². The molecule has 1 N–H and O–H groups in total. The molecule has 4 nitrogen and oxygen atoms in total. The zero-order valence-electron chi connectivity index (χ0n) is 19.2. The molecule has 4 aromatic rings. The second-order valence-electron chi connectivity index (χ2n) is 8.15. The van der Waals surface area contributed by atoms with Gasteiger partial charge in [-0.05, 0) is 55.7 Å². The van der Waals surface area contributed by atoms with Gasteiger partial charge in [-0.1, -0.05) is 53.6 Å². The van der Waals surface area contributed by atoms with Gasteiger partial charge in [-0.2, -0.15) is 0 Å². The standard InChI is InChI=1S/C28H26ClNO3/c1-17-5-7-20(8-6-17)15-30-26(31)13-18(2)23-14-24-25(21-9-11-22(29)12-10-21)16-33-28(24)19(3)27(23)32-4/h5-14,16H,15H2,1-4H3,(H,30,31)/b18-13+. The number of aryl methyl sites for hydroxylation is 2. The third-order valence-electron chi connectivity index (χ3n) is 5.76. The predicted octanol–water partition coefficient (Wildman–Crippen LogP) is 7.10. The van der Waals surface area contributed by atoms with Gasteiger partial charge >= 0.3 is 0 Å². The number of amides is 1. The van der Waals surface area contributed by atoms with Crippen LogP contribution in [0, 0.1) is 13.8 Å². The van der Waals surface area contributed by atoms with E-state index >= 15 is 0 Å². The maximum absolute atomic E-state index is 12.6. The van der Waals surface area contributed by atoms with Crippen LogP contribution in [-0.4, -0.2) is 13.0 Å². The van der Waals surface area contributed by atoms with Crippen molar-refractivity contribution in [3.63, 3.8) is 0 Å². The van der Waals surface area contributed by atoms with Crippen LogP contribution in [0.2, 0.25) is 5.02 Å². The van der Waals surface area contributed by atoms with E-state index in [1.165, 1.54) is 5.56 Å². The maximum atomic E-state index is 12.6. The van der Waals surface area contributed by atoms with Gasteiger partial charge in [-0.25, -0.2) is 0 Å². The van der Waals surface area contributed by atoms with Crippen LogP contribution in [0.15, 0.2) is 71.4 Å². The molecule has 0 spiro atoms. The van der Waals surface area contributed by atoms with E-state index in [9.17, 15) is 4.79 Å². The lowest BCUT2D eigenvalue weighted by atomic mass is 9.96. The fraction of sp³-hybridized carbons (Fsp3) is 0.179. The van der Waals surface area contributed by atoms with Crippen LogP contribution in [-0.2, 0) is 11.3 Å². The number of methoxy groups -OCH3 is 1. The molecule has 0 fully saturated rings. The molecular weight excluding hydrogens is 434 g/mol. The van der Waals surface area contributed by atoms with E-state index in [0.717, 1.165) is 44.4 Å². The molecule has 1 amide bonds. The number of allylic oxidation sites excluding steroid dienone is 1. The molecule has 0 bridgehead atoms. The monoisotopic (exact) mass is 459 g/mol. The summed E-state index contributed by atoms with van der Waals surface area (Å²) in [5, 5.41) is 4.60. The van der Waals surface area contributed by atoms with Gasteiger partial charge in [0.2, 0.25) is 5.91 Å². The highest BCUT2D eigenvalue weighted by atomic mass is 35.5. The zero-order valence-corrected chi connectivity index (χ0v) is 19.9. The van der Waals surface area contributed by atoms with Crippen LogP contribution in [0.1, 0.15) is 29.2 Å². The number of furan rings is 1. The second-order valence-corrected chi connectivity index (χ2v) is 8.58. The Kier molecular flexibility index (Phi) is 6.57. The summed E-state index contributed by atoms with van der Waals surface area (Å²) >= 11 is 6.06. The number of hydrogen-bond acceptors (Lipinski definition) is 3. The van der Waals surface area contributed by atoms with E-state index in [1.807, 2.05) is 75.4 Å². The highest BCUT2D eigenvalue weighted by Crippen LogP contribution is 2.40. The minimum Gasteiger partial charge on any atom is -0.496 e. The summed E-state index contributed by atoms with van der Waals surface area (Å²) in [6, 6.07) is 17.8. The van der Waals surface area contributed by atoms with Gasteiger partial charge in [0.25, 0.3) is 0 Å². The van der Waals surface area contributed by atoms with E-state index in [-0.39, 0.29) is 5.91 Å². The number of fused-ring (bicyclic) bond motifs is 1. The van der Waals surface area contributed by atoms with Gasteiger partial charge in [0.15, 0.2) is 0 Å². The molecule has 0 aliphatic carbocycles. The Morgan fingerprint density at radius 1 is 1.09 bits per heavy atom. The molecule has 1 heterocycles. The molecule has 0 saturated carbocycles. The lowest BCUT2D eigenvalue weighted by molar-refractivity contribution is -0.116. The Morgan fingerprint density at radius 2 is 1.79 bits per heavy atom. The van der Waals surface area contributed by atoms with Crippen LogP contribution >= 0.6 is 11.6 Å². The quantitative estimate of drug-likeness (QED) is 0.313.